The molecule has 0 unspecified atom stereocenters. The number of carboxylic acid groups (broad SMARTS) is 1. The van der Waals surface area contributed by atoms with Crippen LogP contribution in [0.4, 0.5) is 8.78 Å². The molecule has 0 saturated heterocycles. The number of benzene rings is 1. The summed E-state index contributed by atoms with van der Waals surface area (Å²) in [5, 5.41) is 8.39. The molecule has 4 nitrogen and oxygen atoms in total. The van der Waals surface area contributed by atoms with Crippen LogP contribution in [-0.4, -0.2) is 20.6 Å². The van der Waals surface area contributed by atoms with Crippen LogP contribution in [0.3, 0.4) is 0 Å². The predicted octanol–water partition coefficient (Wildman–Crippen LogP) is 2.50. The smallest absolute Gasteiger partial charge is 0.356 e. The highest BCUT2D eigenvalue weighted by molar-refractivity contribution is 6.30. The fourth-order valence-electron chi connectivity index (χ4n) is 1.31. The molecule has 0 atom stereocenters. The Balaban J connectivity index is 2.60. The van der Waals surface area contributed by atoms with Gasteiger partial charge >= 0.3 is 5.97 Å². The predicted molar refractivity (Wildman–Crippen MR) is 55.4 cm³/mol. The average molecular weight is 259 g/mol. The van der Waals surface area contributed by atoms with E-state index in [1.165, 1.54) is 0 Å². The number of carbonyl (C=O) groups is 1. The molecule has 0 fully saturated rings. The van der Waals surface area contributed by atoms with Crippen LogP contribution in [0.25, 0.3) is 5.69 Å². The van der Waals surface area contributed by atoms with E-state index in [1.54, 1.807) is 0 Å². The fraction of sp³-hybridized carbons (Fsp3) is 0. The first-order valence-corrected chi connectivity index (χ1v) is 4.79. The normalized spacial score (nSPS) is 10.5. The Kier molecular flexibility index (Phi) is 2.81. The highest BCUT2D eigenvalue weighted by atomic mass is 35.5. The monoisotopic (exact) mass is 258 g/mol. The van der Waals surface area contributed by atoms with Crippen LogP contribution in [0.1, 0.15) is 10.5 Å². The summed E-state index contributed by atoms with van der Waals surface area (Å²) in [6, 6.07) is 2.06. The number of nitrogens with zero attached hydrogens (tertiary/aromatic N) is 2. The highest BCUT2D eigenvalue weighted by Gasteiger charge is 2.16. The molecule has 0 aliphatic rings. The van der Waals surface area contributed by atoms with Gasteiger partial charge in [0.15, 0.2) is 11.5 Å². The molecule has 1 heterocycles. The van der Waals surface area contributed by atoms with Gasteiger partial charge in [-0.05, 0) is 12.1 Å². The van der Waals surface area contributed by atoms with Gasteiger partial charge in [-0.25, -0.2) is 18.6 Å². The Morgan fingerprint density at radius 3 is 2.71 bits per heavy atom. The summed E-state index contributed by atoms with van der Waals surface area (Å²) in [6.45, 7) is 0. The molecule has 0 aliphatic heterocycles. The summed E-state index contributed by atoms with van der Waals surface area (Å²) < 4.78 is 28.0. The Bertz CT molecular complexity index is 598. The van der Waals surface area contributed by atoms with Gasteiger partial charge in [-0.3, -0.25) is 0 Å². The third-order valence-electron chi connectivity index (χ3n) is 2.08. The number of carboxylic acids is 1. The van der Waals surface area contributed by atoms with Crippen LogP contribution in [0.5, 0.6) is 0 Å². The number of hydrogen-bond donors (Lipinski definition) is 1. The van der Waals surface area contributed by atoms with Crippen molar-refractivity contribution in [2.24, 2.45) is 0 Å². The van der Waals surface area contributed by atoms with E-state index in [0.717, 1.165) is 29.2 Å². The summed E-state index contributed by atoms with van der Waals surface area (Å²) in [7, 11) is 0. The number of rotatable bonds is 2. The lowest BCUT2D eigenvalue weighted by Gasteiger charge is -2.06. The molecule has 7 heteroatoms. The number of imidazole rings is 1. The van der Waals surface area contributed by atoms with Crippen molar-refractivity contribution in [1.82, 2.24) is 9.55 Å². The Hall–Kier alpha value is -1.95. The lowest BCUT2D eigenvalue weighted by atomic mass is 10.3. The average Bonchev–Trinajstić information content (AvgIpc) is 2.73. The van der Waals surface area contributed by atoms with Gasteiger partial charge in [0, 0.05) is 6.20 Å². The zero-order valence-electron chi connectivity index (χ0n) is 8.19. The molecule has 0 amide bonds. The van der Waals surface area contributed by atoms with Gasteiger partial charge in [-0.2, -0.15) is 0 Å². The SMILES string of the molecule is O=C(O)c1cn(-c2c(F)ccc(Cl)c2F)cn1. The van der Waals surface area contributed by atoms with Crippen LogP contribution < -0.4 is 0 Å². The van der Waals surface area contributed by atoms with E-state index in [-0.39, 0.29) is 10.7 Å². The molecule has 0 bridgehead atoms. The molecule has 2 aromatic rings. The van der Waals surface area contributed by atoms with Gasteiger partial charge in [-0.1, -0.05) is 11.6 Å². The summed E-state index contributed by atoms with van der Waals surface area (Å²) in [4.78, 5) is 14.1. The highest BCUT2D eigenvalue weighted by Crippen LogP contribution is 2.24. The Morgan fingerprint density at radius 1 is 1.41 bits per heavy atom. The van der Waals surface area contributed by atoms with Gasteiger partial charge in [-0.15, -0.1) is 0 Å². The van der Waals surface area contributed by atoms with Crippen molar-refractivity contribution < 1.29 is 18.7 Å². The number of halogens is 3. The molecule has 0 spiro atoms. The van der Waals surface area contributed by atoms with Crippen LogP contribution in [-0.2, 0) is 0 Å². The van der Waals surface area contributed by atoms with E-state index < -0.39 is 23.3 Å². The van der Waals surface area contributed by atoms with Gasteiger partial charge < -0.3 is 9.67 Å². The summed E-state index contributed by atoms with van der Waals surface area (Å²) in [5.74, 6) is -3.12. The van der Waals surface area contributed by atoms with E-state index in [2.05, 4.69) is 4.98 Å². The van der Waals surface area contributed by atoms with E-state index in [9.17, 15) is 13.6 Å². The van der Waals surface area contributed by atoms with E-state index in [0.29, 0.717) is 0 Å². The number of hydrogen-bond acceptors (Lipinski definition) is 2. The first-order chi connectivity index (χ1) is 8.00. The number of aromatic nitrogens is 2. The molecule has 0 saturated carbocycles. The topological polar surface area (TPSA) is 55.1 Å². The largest absolute Gasteiger partial charge is 0.476 e. The molecule has 2 rings (SSSR count). The lowest BCUT2D eigenvalue weighted by Crippen LogP contribution is -2.00. The maximum atomic E-state index is 13.6. The van der Waals surface area contributed by atoms with Crippen molar-refractivity contribution in [2.75, 3.05) is 0 Å². The molecule has 1 aromatic heterocycles. The van der Waals surface area contributed by atoms with Crippen molar-refractivity contribution in [3.05, 3.63) is 47.0 Å². The third kappa shape index (κ3) is 1.99. The third-order valence-corrected chi connectivity index (χ3v) is 2.37. The quantitative estimate of drug-likeness (QED) is 0.842. The molecule has 1 N–H and O–H groups in total. The van der Waals surface area contributed by atoms with Crippen molar-refractivity contribution >= 4 is 17.6 Å². The van der Waals surface area contributed by atoms with Crippen LogP contribution in [0.2, 0.25) is 5.02 Å². The van der Waals surface area contributed by atoms with Crippen LogP contribution in [0.15, 0.2) is 24.7 Å². The molecular weight excluding hydrogens is 254 g/mol. The Morgan fingerprint density at radius 2 is 2.12 bits per heavy atom. The molecule has 17 heavy (non-hydrogen) atoms. The second kappa shape index (κ2) is 4.14. The van der Waals surface area contributed by atoms with Crippen molar-refractivity contribution in [2.45, 2.75) is 0 Å². The molecule has 0 radical (unpaired) electrons. The number of aromatic carboxylic acids is 1. The van der Waals surface area contributed by atoms with Crippen molar-refractivity contribution in [3.63, 3.8) is 0 Å². The van der Waals surface area contributed by atoms with Crippen molar-refractivity contribution in [3.8, 4) is 5.69 Å². The minimum atomic E-state index is -1.29. The summed E-state index contributed by atoms with van der Waals surface area (Å²) >= 11 is 5.51. The maximum Gasteiger partial charge on any atom is 0.356 e. The first-order valence-electron chi connectivity index (χ1n) is 4.42. The minimum absolute atomic E-state index is 0.257. The molecule has 88 valence electrons. The molecular formula is C10H5ClF2N2O2. The first kappa shape index (κ1) is 11.5. The van der Waals surface area contributed by atoms with Crippen LogP contribution >= 0.6 is 11.6 Å². The van der Waals surface area contributed by atoms with Gasteiger partial charge in [0.2, 0.25) is 0 Å². The summed E-state index contributed by atoms with van der Waals surface area (Å²) in [5.41, 5.74) is -0.777. The van der Waals surface area contributed by atoms with Gasteiger partial charge in [0.25, 0.3) is 0 Å². The van der Waals surface area contributed by atoms with E-state index in [1.807, 2.05) is 0 Å². The standard InChI is InChI=1S/C10H5ClF2N2O2/c11-5-1-2-6(12)9(8(5)13)15-3-7(10(16)17)14-4-15/h1-4H,(H,16,17). The second-order valence-electron chi connectivity index (χ2n) is 3.16. The summed E-state index contributed by atoms with van der Waals surface area (Å²) in [6.07, 6.45) is 2.00. The van der Waals surface area contributed by atoms with E-state index >= 15 is 0 Å². The molecule has 1 aromatic carbocycles. The van der Waals surface area contributed by atoms with Crippen LogP contribution in [0, 0.1) is 11.6 Å². The molecule has 0 aliphatic carbocycles. The Labute approximate surface area is 99.1 Å². The zero-order valence-corrected chi connectivity index (χ0v) is 8.95. The second-order valence-corrected chi connectivity index (χ2v) is 3.57. The maximum absolute atomic E-state index is 13.6. The van der Waals surface area contributed by atoms with Gasteiger partial charge in [0.1, 0.15) is 17.8 Å². The van der Waals surface area contributed by atoms with E-state index in [4.69, 9.17) is 16.7 Å². The minimum Gasteiger partial charge on any atom is -0.476 e. The fourth-order valence-corrected chi connectivity index (χ4v) is 1.46. The lowest BCUT2D eigenvalue weighted by molar-refractivity contribution is 0.0691. The zero-order chi connectivity index (χ0) is 12.6. The van der Waals surface area contributed by atoms with Crippen molar-refractivity contribution in [1.29, 1.82) is 0 Å². The van der Waals surface area contributed by atoms with Gasteiger partial charge in [0.05, 0.1) is 5.02 Å².